The molecule has 0 aromatic heterocycles. The van der Waals surface area contributed by atoms with Crippen molar-refractivity contribution in [3.8, 4) is 11.5 Å². The maximum Gasteiger partial charge on any atom is 0.387 e. The number of nitrogens with one attached hydrogen (secondary N) is 1. The van der Waals surface area contributed by atoms with Gasteiger partial charge in [-0.1, -0.05) is 25.5 Å². The molecule has 0 heterocycles. The summed E-state index contributed by atoms with van der Waals surface area (Å²) in [6, 6.07) is 5.46. The van der Waals surface area contributed by atoms with E-state index in [0.29, 0.717) is 23.9 Å². The van der Waals surface area contributed by atoms with Gasteiger partial charge in [-0.25, -0.2) is 0 Å². The Bertz CT molecular complexity index is 386. The van der Waals surface area contributed by atoms with Crippen LogP contribution in [-0.4, -0.2) is 19.8 Å². The Hall–Kier alpha value is -1.36. The van der Waals surface area contributed by atoms with Crippen LogP contribution in [-0.2, 0) is 6.54 Å². The van der Waals surface area contributed by atoms with E-state index in [2.05, 4.69) is 23.9 Å². The van der Waals surface area contributed by atoms with E-state index in [0.717, 1.165) is 12.8 Å². The van der Waals surface area contributed by atoms with Gasteiger partial charge in [-0.3, -0.25) is 0 Å². The Kier molecular flexibility index (Phi) is 6.56. The Morgan fingerprint density at radius 1 is 1.32 bits per heavy atom. The summed E-state index contributed by atoms with van der Waals surface area (Å²) in [5.74, 6) is 0.430. The van der Waals surface area contributed by atoms with Gasteiger partial charge < -0.3 is 14.8 Å². The first-order chi connectivity index (χ1) is 9.08. The number of alkyl halides is 2. The molecule has 0 aliphatic heterocycles. The Labute approximate surface area is 112 Å². The van der Waals surface area contributed by atoms with Gasteiger partial charge in [0.05, 0.1) is 7.11 Å². The molecule has 1 atom stereocenters. The third-order valence-corrected chi connectivity index (χ3v) is 2.85. The average Bonchev–Trinajstić information content (AvgIpc) is 2.37. The predicted molar refractivity (Wildman–Crippen MR) is 70.8 cm³/mol. The van der Waals surface area contributed by atoms with E-state index >= 15 is 0 Å². The highest BCUT2D eigenvalue weighted by Gasteiger charge is 2.15. The second-order valence-electron chi connectivity index (χ2n) is 4.40. The highest BCUT2D eigenvalue weighted by molar-refractivity contribution is 5.46. The quantitative estimate of drug-likeness (QED) is 0.785. The van der Waals surface area contributed by atoms with Gasteiger partial charge in [-0.05, 0) is 19.4 Å². The molecule has 0 aliphatic carbocycles. The van der Waals surface area contributed by atoms with Gasteiger partial charge in [-0.15, -0.1) is 0 Å². The van der Waals surface area contributed by atoms with Crippen LogP contribution in [0.2, 0.25) is 0 Å². The summed E-state index contributed by atoms with van der Waals surface area (Å²) >= 11 is 0. The van der Waals surface area contributed by atoms with Crippen LogP contribution in [0, 0.1) is 0 Å². The first-order valence-electron chi connectivity index (χ1n) is 6.42. The molecule has 108 valence electrons. The second-order valence-corrected chi connectivity index (χ2v) is 4.40. The van der Waals surface area contributed by atoms with Gasteiger partial charge in [0.2, 0.25) is 0 Å². The molecule has 1 unspecified atom stereocenters. The molecule has 3 nitrogen and oxygen atoms in total. The molecule has 1 aromatic carbocycles. The van der Waals surface area contributed by atoms with E-state index in [1.54, 1.807) is 18.2 Å². The van der Waals surface area contributed by atoms with E-state index in [9.17, 15) is 8.78 Å². The third kappa shape index (κ3) is 5.03. The summed E-state index contributed by atoms with van der Waals surface area (Å²) < 4.78 is 34.5. The van der Waals surface area contributed by atoms with Crippen molar-refractivity contribution < 1.29 is 18.3 Å². The summed E-state index contributed by atoms with van der Waals surface area (Å²) in [4.78, 5) is 0. The number of ether oxygens (including phenoxy) is 2. The second kappa shape index (κ2) is 7.94. The lowest BCUT2D eigenvalue weighted by molar-refractivity contribution is -0.0518. The number of rotatable bonds is 8. The van der Waals surface area contributed by atoms with E-state index < -0.39 is 6.61 Å². The summed E-state index contributed by atoms with van der Waals surface area (Å²) in [6.07, 6.45) is 2.11. The average molecular weight is 273 g/mol. The highest BCUT2D eigenvalue weighted by Crippen LogP contribution is 2.32. The minimum atomic E-state index is -2.86. The van der Waals surface area contributed by atoms with Crippen molar-refractivity contribution in [3.63, 3.8) is 0 Å². The molecule has 0 saturated heterocycles. The van der Waals surface area contributed by atoms with Crippen molar-refractivity contribution in [2.24, 2.45) is 0 Å². The molecule has 5 heteroatoms. The Morgan fingerprint density at radius 2 is 2.05 bits per heavy atom. The van der Waals surface area contributed by atoms with Gasteiger partial charge in [0.1, 0.15) is 0 Å². The van der Waals surface area contributed by atoms with Crippen LogP contribution in [0.3, 0.4) is 0 Å². The number of benzene rings is 1. The molecule has 0 fully saturated rings. The molecule has 1 aromatic rings. The lowest BCUT2D eigenvalue weighted by atomic mass is 10.1. The van der Waals surface area contributed by atoms with Crippen LogP contribution in [0.15, 0.2) is 18.2 Å². The van der Waals surface area contributed by atoms with Gasteiger partial charge in [0.15, 0.2) is 11.5 Å². The fourth-order valence-corrected chi connectivity index (χ4v) is 1.90. The molecule has 19 heavy (non-hydrogen) atoms. The molecular weight excluding hydrogens is 252 g/mol. The number of hydrogen-bond acceptors (Lipinski definition) is 3. The van der Waals surface area contributed by atoms with Crippen molar-refractivity contribution in [3.05, 3.63) is 23.8 Å². The molecule has 0 saturated carbocycles. The molecule has 0 spiro atoms. The fraction of sp³-hybridized carbons (Fsp3) is 0.571. The smallest absolute Gasteiger partial charge is 0.387 e. The van der Waals surface area contributed by atoms with Gasteiger partial charge in [-0.2, -0.15) is 8.78 Å². The van der Waals surface area contributed by atoms with E-state index in [1.807, 2.05) is 0 Å². The molecule has 1 rings (SSSR count). The summed E-state index contributed by atoms with van der Waals surface area (Å²) in [6.45, 7) is 1.79. The van der Waals surface area contributed by atoms with Gasteiger partial charge in [0.25, 0.3) is 0 Å². The molecule has 1 N–H and O–H groups in total. The van der Waals surface area contributed by atoms with Crippen LogP contribution in [0.5, 0.6) is 11.5 Å². The van der Waals surface area contributed by atoms with Gasteiger partial charge in [0, 0.05) is 18.2 Å². The van der Waals surface area contributed by atoms with Crippen LogP contribution in [0.1, 0.15) is 32.3 Å². The highest BCUT2D eigenvalue weighted by atomic mass is 19.3. The lowest BCUT2D eigenvalue weighted by Crippen LogP contribution is -2.25. The molecule has 0 bridgehead atoms. The SMILES string of the molecule is CCCC(C)NCc1cccc(OC)c1OC(F)F. The summed E-state index contributed by atoms with van der Waals surface area (Å²) in [7, 11) is 1.44. The molecular formula is C14H21F2NO2. The number of hydrogen-bond donors (Lipinski definition) is 1. The minimum absolute atomic E-state index is 0.108. The lowest BCUT2D eigenvalue weighted by Gasteiger charge is -2.17. The first kappa shape index (κ1) is 15.7. The van der Waals surface area contributed by atoms with Crippen molar-refractivity contribution in [2.45, 2.75) is 45.9 Å². The normalized spacial score (nSPS) is 12.5. The van der Waals surface area contributed by atoms with Crippen LogP contribution in [0.4, 0.5) is 8.78 Å². The largest absolute Gasteiger partial charge is 0.493 e. The van der Waals surface area contributed by atoms with Crippen molar-refractivity contribution >= 4 is 0 Å². The minimum Gasteiger partial charge on any atom is -0.493 e. The zero-order valence-corrected chi connectivity index (χ0v) is 11.6. The number of para-hydroxylation sites is 1. The molecule has 0 radical (unpaired) electrons. The van der Waals surface area contributed by atoms with Crippen LogP contribution < -0.4 is 14.8 Å². The predicted octanol–water partition coefficient (Wildman–Crippen LogP) is 3.57. The topological polar surface area (TPSA) is 30.5 Å². The number of halogens is 2. The zero-order valence-electron chi connectivity index (χ0n) is 11.6. The van der Waals surface area contributed by atoms with Crippen LogP contribution >= 0.6 is 0 Å². The van der Waals surface area contributed by atoms with Crippen molar-refractivity contribution in [2.75, 3.05) is 7.11 Å². The van der Waals surface area contributed by atoms with Gasteiger partial charge >= 0.3 is 6.61 Å². The third-order valence-electron chi connectivity index (χ3n) is 2.85. The van der Waals surface area contributed by atoms with Crippen molar-refractivity contribution in [1.82, 2.24) is 5.32 Å². The maximum atomic E-state index is 12.4. The summed E-state index contributed by atoms with van der Waals surface area (Å²) in [5, 5.41) is 3.28. The Balaban J connectivity index is 2.80. The number of methoxy groups -OCH3 is 1. The Morgan fingerprint density at radius 3 is 2.63 bits per heavy atom. The van der Waals surface area contributed by atoms with Crippen LogP contribution in [0.25, 0.3) is 0 Å². The fourth-order valence-electron chi connectivity index (χ4n) is 1.90. The maximum absolute atomic E-state index is 12.4. The zero-order chi connectivity index (χ0) is 14.3. The van der Waals surface area contributed by atoms with Crippen molar-refractivity contribution in [1.29, 1.82) is 0 Å². The van der Waals surface area contributed by atoms with E-state index in [1.165, 1.54) is 7.11 Å². The molecule has 0 amide bonds. The molecule has 0 aliphatic rings. The first-order valence-corrected chi connectivity index (χ1v) is 6.42. The van der Waals surface area contributed by atoms with E-state index in [4.69, 9.17) is 4.74 Å². The monoisotopic (exact) mass is 273 g/mol. The summed E-state index contributed by atoms with van der Waals surface area (Å²) in [5.41, 5.74) is 0.669. The standard InChI is InChI=1S/C14H21F2NO2/c1-4-6-10(2)17-9-11-7-5-8-12(18-3)13(11)19-14(15)16/h5,7-8,10,14,17H,4,6,9H2,1-3H3. The van der Waals surface area contributed by atoms with E-state index in [-0.39, 0.29) is 5.75 Å².